The Morgan fingerprint density at radius 1 is 0.944 bits per heavy atom. The molecule has 0 amide bonds. The molecule has 0 bridgehead atoms. The predicted octanol–water partition coefficient (Wildman–Crippen LogP) is 5.63. The fourth-order valence-electron chi connectivity index (χ4n) is 3.87. The SMILES string of the molecule is C=O.CO.Nc1cncc(-c2c(Cl)nc(NCc3ccccn3)c3c(-c4ccccc4)cccc23)c1. The molecule has 8 heteroatoms. The number of anilines is 2. The molecule has 36 heavy (non-hydrogen) atoms. The minimum absolute atomic E-state index is 0.388. The average molecular weight is 500 g/mol. The van der Waals surface area contributed by atoms with E-state index < -0.39 is 0 Å². The second-order valence-corrected chi connectivity index (χ2v) is 7.76. The highest BCUT2D eigenvalue weighted by Crippen LogP contribution is 2.41. The Bertz CT molecular complexity index is 1420. The Morgan fingerprint density at radius 2 is 1.69 bits per heavy atom. The van der Waals surface area contributed by atoms with Gasteiger partial charge in [0.25, 0.3) is 0 Å². The summed E-state index contributed by atoms with van der Waals surface area (Å²) in [5.74, 6) is 0.704. The van der Waals surface area contributed by atoms with Gasteiger partial charge in [-0.3, -0.25) is 9.97 Å². The van der Waals surface area contributed by atoms with Crippen molar-refractivity contribution in [2.24, 2.45) is 0 Å². The molecule has 0 atom stereocenters. The molecule has 7 nitrogen and oxygen atoms in total. The third-order valence-corrected chi connectivity index (χ3v) is 5.56. The van der Waals surface area contributed by atoms with Gasteiger partial charge < -0.3 is 21.0 Å². The molecule has 4 N–H and O–H groups in total. The first-order valence-electron chi connectivity index (χ1n) is 11.0. The highest BCUT2D eigenvalue weighted by atomic mass is 35.5. The van der Waals surface area contributed by atoms with Gasteiger partial charge in [0.2, 0.25) is 0 Å². The van der Waals surface area contributed by atoms with E-state index in [1.54, 1.807) is 18.6 Å². The molecule has 0 radical (unpaired) electrons. The zero-order chi connectivity index (χ0) is 25.9. The molecule has 3 heterocycles. The van der Waals surface area contributed by atoms with Crippen LogP contribution in [0.3, 0.4) is 0 Å². The molecule has 0 unspecified atom stereocenters. The summed E-state index contributed by atoms with van der Waals surface area (Å²) in [5, 5.41) is 12.8. The number of pyridine rings is 3. The molecule has 0 aliphatic carbocycles. The first-order chi connectivity index (χ1) is 17.7. The van der Waals surface area contributed by atoms with Crippen LogP contribution in [0.5, 0.6) is 0 Å². The highest BCUT2D eigenvalue weighted by Gasteiger charge is 2.18. The molecule has 3 aromatic heterocycles. The van der Waals surface area contributed by atoms with Crippen LogP contribution in [0.15, 0.2) is 91.4 Å². The van der Waals surface area contributed by atoms with Gasteiger partial charge in [0, 0.05) is 42.2 Å². The number of nitrogen functional groups attached to an aromatic ring is 1. The number of aromatic nitrogens is 3. The third-order valence-electron chi connectivity index (χ3n) is 5.28. The van der Waals surface area contributed by atoms with E-state index >= 15 is 0 Å². The molecule has 182 valence electrons. The number of carbonyl (C=O) groups excluding carboxylic acids is 1. The normalized spacial score (nSPS) is 9.97. The van der Waals surface area contributed by atoms with Crippen LogP contribution in [0.4, 0.5) is 11.5 Å². The van der Waals surface area contributed by atoms with Crippen molar-refractivity contribution in [1.82, 2.24) is 15.0 Å². The van der Waals surface area contributed by atoms with Crippen LogP contribution in [0.25, 0.3) is 33.0 Å². The maximum absolute atomic E-state index is 8.00. The number of hydrogen-bond donors (Lipinski definition) is 3. The predicted molar refractivity (Wildman–Crippen MR) is 147 cm³/mol. The lowest BCUT2D eigenvalue weighted by Gasteiger charge is -2.17. The van der Waals surface area contributed by atoms with E-state index in [0.717, 1.165) is 45.8 Å². The zero-order valence-corrected chi connectivity index (χ0v) is 20.5. The van der Waals surface area contributed by atoms with Crippen LogP contribution in [0.2, 0.25) is 5.15 Å². The molecular weight excluding hydrogens is 474 g/mol. The number of hydrogen-bond acceptors (Lipinski definition) is 7. The summed E-state index contributed by atoms with van der Waals surface area (Å²) < 4.78 is 0. The van der Waals surface area contributed by atoms with Gasteiger partial charge in [-0.1, -0.05) is 66.2 Å². The molecule has 0 aliphatic rings. The number of rotatable bonds is 5. The molecule has 0 saturated carbocycles. The summed E-state index contributed by atoms with van der Waals surface area (Å²) >= 11 is 6.74. The van der Waals surface area contributed by atoms with Crippen LogP contribution in [0, 0.1) is 0 Å². The van der Waals surface area contributed by atoms with Crippen molar-refractivity contribution in [3.63, 3.8) is 0 Å². The largest absolute Gasteiger partial charge is 0.400 e. The summed E-state index contributed by atoms with van der Waals surface area (Å²) in [4.78, 5) is 21.4. The molecule has 5 aromatic rings. The maximum Gasteiger partial charge on any atom is 0.140 e. The molecule has 0 aliphatic heterocycles. The minimum atomic E-state index is 0.388. The van der Waals surface area contributed by atoms with E-state index in [2.05, 4.69) is 39.6 Å². The van der Waals surface area contributed by atoms with E-state index in [1.165, 1.54) is 0 Å². The van der Waals surface area contributed by atoms with Gasteiger partial charge in [-0.15, -0.1) is 0 Å². The Kier molecular flexibility index (Phi) is 9.45. The fourth-order valence-corrected chi connectivity index (χ4v) is 4.16. The number of carbonyl (C=O) groups is 1. The zero-order valence-electron chi connectivity index (χ0n) is 19.7. The third kappa shape index (κ3) is 5.83. The van der Waals surface area contributed by atoms with Crippen LogP contribution in [-0.2, 0) is 11.3 Å². The Labute approximate surface area is 214 Å². The van der Waals surface area contributed by atoms with Gasteiger partial charge in [-0.25, -0.2) is 4.98 Å². The van der Waals surface area contributed by atoms with Crippen LogP contribution >= 0.6 is 11.6 Å². The van der Waals surface area contributed by atoms with Crippen molar-refractivity contribution in [3.05, 3.63) is 102 Å². The average Bonchev–Trinajstić information content (AvgIpc) is 2.94. The summed E-state index contributed by atoms with van der Waals surface area (Å²) in [5.41, 5.74) is 11.3. The quantitative estimate of drug-likeness (QED) is 0.268. The maximum atomic E-state index is 8.00. The Hall–Kier alpha value is -4.33. The number of nitrogens with one attached hydrogen (secondary N) is 1. The van der Waals surface area contributed by atoms with Crippen LogP contribution < -0.4 is 11.1 Å². The summed E-state index contributed by atoms with van der Waals surface area (Å²) in [6.07, 6.45) is 5.15. The number of aliphatic hydroxyl groups is 1. The first-order valence-corrected chi connectivity index (χ1v) is 11.3. The molecule has 0 fully saturated rings. The molecule has 5 rings (SSSR count). The highest BCUT2D eigenvalue weighted by molar-refractivity contribution is 6.34. The molecule has 2 aromatic carbocycles. The second kappa shape index (κ2) is 12.9. The lowest BCUT2D eigenvalue weighted by molar-refractivity contribution is -0.0979. The smallest absolute Gasteiger partial charge is 0.140 e. The second-order valence-electron chi connectivity index (χ2n) is 7.40. The van der Waals surface area contributed by atoms with Crippen molar-refractivity contribution in [3.8, 4) is 22.3 Å². The van der Waals surface area contributed by atoms with E-state index in [1.807, 2.05) is 55.3 Å². The van der Waals surface area contributed by atoms with Gasteiger partial charge in [0.1, 0.15) is 17.8 Å². The lowest BCUT2D eigenvalue weighted by Crippen LogP contribution is -2.05. The summed E-state index contributed by atoms with van der Waals surface area (Å²) in [6, 6.07) is 24.1. The minimum Gasteiger partial charge on any atom is -0.400 e. The number of aliphatic hydroxyl groups excluding tert-OH is 1. The Balaban J connectivity index is 0.000000861. The first kappa shape index (κ1) is 26.3. The summed E-state index contributed by atoms with van der Waals surface area (Å²) in [7, 11) is 1.00. The number of fused-ring (bicyclic) bond motifs is 1. The molecule has 0 spiro atoms. The van der Waals surface area contributed by atoms with Crippen molar-refractivity contribution in [2.75, 3.05) is 18.2 Å². The molecule has 0 saturated heterocycles. The van der Waals surface area contributed by atoms with Gasteiger partial charge in [0.05, 0.1) is 17.9 Å². The van der Waals surface area contributed by atoms with Crippen molar-refractivity contribution in [2.45, 2.75) is 6.54 Å². The van der Waals surface area contributed by atoms with Gasteiger partial charge in [-0.05, 0) is 34.7 Å². The van der Waals surface area contributed by atoms with Gasteiger partial charge >= 0.3 is 0 Å². The standard InChI is InChI=1S/C26H20ClN5.CH4O.CH2O/c27-25-23(18-13-19(28)15-29-14-18)22-11-6-10-21(17-7-2-1-3-8-17)24(22)26(32-25)31-16-20-9-4-5-12-30-20;2*1-2/h1-15H,16,28H2,(H,31,32);2H,1H3;1H2. The summed E-state index contributed by atoms with van der Waals surface area (Å²) in [6.45, 7) is 2.53. The van der Waals surface area contributed by atoms with Gasteiger partial charge in [0.15, 0.2) is 0 Å². The van der Waals surface area contributed by atoms with Gasteiger partial charge in [-0.2, -0.15) is 0 Å². The number of nitrogens with two attached hydrogens (primary N) is 1. The topological polar surface area (TPSA) is 114 Å². The number of benzene rings is 2. The van der Waals surface area contributed by atoms with E-state index in [9.17, 15) is 0 Å². The van der Waals surface area contributed by atoms with Crippen molar-refractivity contribution >= 4 is 40.7 Å². The fraction of sp³-hybridized carbons (Fsp3) is 0.0714. The van der Waals surface area contributed by atoms with E-state index in [0.29, 0.717) is 23.2 Å². The monoisotopic (exact) mass is 499 g/mol. The van der Waals surface area contributed by atoms with Crippen molar-refractivity contribution < 1.29 is 9.90 Å². The van der Waals surface area contributed by atoms with Crippen LogP contribution in [0.1, 0.15) is 5.69 Å². The van der Waals surface area contributed by atoms with E-state index in [4.69, 9.17) is 32.2 Å². The molecular formula is C28H26ClN5O2. The Morgan fingerprint density at radius 3 is 2.39 bits per heavy atom. The van der Waals surface area contributed by atoms with Crippen molar-refractivity contribution in [1.29, 1.82) is 0 Å². The number of nitrogens with zero attached hydrogens (tertiary/aromatic N) is 3. The van der Waals surface area contributed by atoms with E-state index in [-0.39, 0.29) is 0 Å². The van der Waals surface area contributed by atoms with Crippen LogP contribution in [-0.4, -0.2) is 34.0 Å². The number of halogens is 1. The lowest BCUT2D eigenvalue weighted by atomic mass is 9.94.